The van der Waals surface area contributed by atoms with Gasteiger partial charge in [0.1, 0.15) is 11.6 Å². The van der Waals surface area contributed by atoms with Gasteiger partial charge in [0.05, 0.1) is 16.1 Å². The number of amides is 2. The monoisotopic (exact) mass is 362 g/mol. The van der Waals surface area contributed by atoms with E-state index in [9.17, 15) is 18.4 Å². The molecule has 5 nitrogen and oxygen atoms in total. The number of carboxylic acid groups (broad SMARTS) is 1. The Morgan fingerprint density at radius 1 is 1.24 bits per heavy atom. The fraction of sp³-hybridized carbons (Fsp3) is 0.385. The fourth-order valence-corrected chi connectivity index (χ4v) is 2.64. The van der Waals surface area contributed by atoms with Crippen molar-refractivity contribution in [3.8, 4) is 0 Å². The molecule has 0 saturated heterocycles. The predicted molar refractivity (Wildman–Crippen MR) is 75.0 cm³/mol. The zero-order valence-corrected chi connectivity index (χ0v) is 12.4. The Kier molecular flexibility index (Phi) is 4.76. The molecule has 1 aromatic carbocycles. The Balaban J connectivity index is 1.94. The maximum atomic E-state index is 13.5. The summed E-state index contributed by atoms with van der Waals surface area (Å²) in [5, 5.41) is 13.7. The maximum Gasteiger partial charge on any atom is 0.319 e. The standard InChI is InChI=1S/C13H13BrF2N2O3/c14-8-4-11(10(16)5-9(8)15)18-13(21)17-7-2-1-6(3-7)12(19)20/h4-7H,1-3H2,(H,19,20)(H2,17,18,21). The number of hydrogen-bond donors (Lipinski definition) is 3. The van der Waals surface area contributed by atoms with Crippen LogP contribution < -0.4 is 10.6 Å². The third kappa shape index (κ3) is 3.90. The van der Waals surface area contributed by atoms with E-state index in [4.69, 9.17) is 5.11 Å². The Labute approximate surface area is 127 Å². The molecular weight excluding hydrogens is 350 g/mol. The van der Waals surface area contributed by atoms with Gasteiger partial charge >= 0.3 is 12.0 Å². The topological polar surface area (TPSA) is 78.4 Å². The van der Waals surface area contributed by atoms with Crippen LogP contribution in [0.1, 0.15) is 19.3 Å². The van der Waals surface area contributed by atoms with Gasteiger partial charge in [0, 0.05) is 12.1 Å². The largest absolute Gasteiger partial charge is 0.481 e. The van der Waals surface area contributed by atoms with Crippen LogP contribution in [0.15, 0.2) is 16.6 Å². The summed E-state index contributed by atoms with van der Waals surface area (Å²) >= 11 is 2.90. The molecule has 1 fully saturated rings. The van der Waals surface area contributed by atoms with Crippen molar-refractivity contribution in [3.05, 3.63) is 28.2 Å². The molecule has 0 heterocycles. The fourth-order valence-electron chi connectivity index (χ4n) is 2.30. The van der Waals surface area contributed by atoms with Crippen LogP contribution in [-0.4, -0.2) is 23.1 Å². The molecule has 1 aliphatic rings. The molecule has 2 atom stereocenters. The van der Waals surface area contributed by atoms with Crippen molar-refractivity contribution in [1.82, 2.24) is 5.32 Å². The third-order valence-electron chi connectivity index (χ3n) is 3.38. The highest BCUT2D eigenvalue weighted by Gasteiger charge is 2.30. The van der Waals surface area contributed by atoms with Crippen LogP contribution >= 0.6 is 15.9 Å². The summed E-state index contributed by atoms with van der Waals surface area (Å²) < 4.78 is 26.6. The molecule has 2 rings (SSSR count). The molecule has 1 saturated carbocycles. The van der Waals surface area contributed by atoms with E-state index < -0.39 is 29.6 Å². The van der Waals surface area contributed by atoms with Crippen LogP contribution in [0.25, 0.3) is 0 Å². The number of rotatable bonds is 3. The van der Waals surface area contributed by atoms with Gasteiger partial charge in [-0.3, -0.25) is 4.79 Å². The lowest BCUT2D eigenvalue weighted by molar-refractivity contribution is -0.141. The molecule has 0 spiro atoms. The molecule has 1 aliphatic carbocycles. The number of carbonyl (C=O) groups is 2. The van der Waals surface area contributed by atoms with Crippen LogP contribution in [0.5, 0.6) is 0 Å². The number of carboxylic acids is 1. The molecule has 2 amide bonds. The highest BCUT2D eigenvalue weighted by molar-refractivity contribution is 9.10. The Morgan fingerprint density at radius 2 is 1.95 bits per heavy atom. The highest BCUT2D eigenvalue weighted by atomic mass is 79.9. The van der Waals surface area contributed by atoms with Gasteiger partial charge in [-0.25, -0.2) is 13.6 Å². The van der Waals surface area contributed by atoms with E-state index in [0.29, 0.717) is 25.3 Å². The SMILES string of the molecule is O=C(Nc1cc(Br)c(F)cc1F)NC1CCC(C(=O)O)C1. The summed E-state index contributed by atoms with van der Waals surface area (Å²) in [6, 6.07) is 0.871. The average Bonchev–Trinajstić information content (AvgIpc) is 2.84. The Bertz CT molecular complexity index is 583. The lowest BCUT2D eigenvalue weighted by Crippen LogP contribution is -2.36. The Morgan fingerprint density at radius 3 is 2.57 bits per heavy atom. The predicted octanol–water partition coefficient (Wildman–Crippen LogP) is 3.10. The minimum Gasteiger partial charge on any atom is -0.481 e. The molecule has 1 aromatic rings. The van der Waals surface area contributed by atoms with Crippen LogP contribution in [0.3, 0.4) is 0 Å². The van der Waals surface area contributed by atoms with Crippen molar-refractivity contribution in [3.63, 3.8) is 0 Å². The molecule has 2 unspecified atom stereocenters. The molecule has 0 aromatic heterocycles. The molecule has 0 radical (unpaired) electrons. The van der Waals surface area contributed by atoms with E-state index >= 15 is 0 Å². The van der Waals surface area contributed by atoms with Crippen molar-refractivity contribution in [2.45, 2.75) is 25.3 Å². The van der Waals surface area contributed by atoms with Crippen LogP contribution in [0.2, 0.25) is 0 Å². The summed E-state index contributed by atoms with van der Waals surface area (Å²) in [7, 11) is 0. The number of nitrogens with one attached hydrogen (secondary N) is 2. The van der Waals surface area contributed by atoms with E-state index in [-0.39, 0.29) is 16.2 Å². The van der Waals surface area contributed by atoms with E-state index in [1.165, 1.54) is 0 Å². The normalized spacial score (nSPS) is 21.1. The second-order valence-corrected chi connectivity index (χ2v) is 5.74. The molecule has 0 bridgehead atoms. The molecule has 8 heteroatoms. The second-order valence-electron chi connectivity index (χ2n) is 4.89. The first-order valence-corrected chi connectivity index (χ1v) is 7.11. The van der Waals surface area contributed by atoms with Gasteiger partial charge in [0.2, 0.25) is 0 Å². The first-order chi connectivity index (χ1) is 9.86. The summed E-state index contributed by atoms with van der Waals surface area (Å²) in [5.74, 6) is -3.00. The molecule has 3 N–H and O–H groups in total. The number of benzene rings is 1. The van der Waals surface area contributed by atoms with Crippen molar-refractivity contribution >= 4 is 33.6 Å². The second kappa shape index (κ2) is 6.38. The number of hydrogen-bond acceptors (Lipinski definition) is 2. The van der Waals surface area contributed by atoms with Gasteiger partial charge in [0.15, 0.2) is 0 Å². The summed E-state index contributed by atoms with van der Waals surface area (Å²) in [6.07, 6.45) is 1.40. The lowest BCUT2D eigenvalue weighted by Gasteiger charge is -2.14. The average molecular weight is 363 g/mol. The van der Waals surface area contributed by atoms with E-state index in [1.54, 1.807) is 0 Å². The summed E-state index contributed by atoms with van der Waals surface area (Å²) in [6.45, 7) is 0. The number of carbonyl (C=O) groups excluding carboxylic acids is 1. The van der Waals surface area contributed by atoms with E-state index in [0.717, 1.165) is 6.07 Å². The number of anilines is 1. The van der Waals surface area contributed by atoms with Gasteiger partial charge in [-0.2, -0.15) is 0 Å². The maximum absolute atomic E-state index is 13.5. The Hall–Kier alpha value is -1.70. The first kappa shape index (κ1) is 15.7. The molecule has 114 valence electrons. The number of halogens is 3. The van der Waals surface area contributed by atoms with Crippen molar-refractivity contribution in [2.24, 2.45) is 5.92 Å². The van der Waals surface area contributed by atoms with Gasteiger partial charge in [-0.05, 0) is 41.3 Å². The zero-order valence-electron chi connectivity index (χ0n) is 10.8. The van der Waals surface area contributed by atoms with Gasteiger partial charge < -0.3 is 15.7 Å². The third-order valence-corrected chi connectivity index (χ3v) is 3.98. The first-order valence-electron chi connectivity index (χ1n) is 6.31. The summed E-state index contributed by atoms with van der Waals surface area (Å²) in [4.78, 5) is 22.6. The number of aliphatic carboxylic acids is 1. The van der Waals surface area contributed by atoms with Crippen molar-refractivity contribution < 1.29 is 23.5 Å². The zero-order chi connectivity index (χ0) is 15.6. The van der Waals surface area contributed by atoms with Gasteiger partial charge in [-0.1, -0.05) is 0 Å². The quantitative estimate of drug-likeness (QED) is 0.723. The van der Waals surface area contributed by atoms with Crippen molar-refractivity contribution in [2.75, 3.05) is 5.32 Å². The summed E-state index contributed by atoms with van der Waals surface area (Å²) in [5.41, 5.74) is -0.159. The smallest absolute Gasteiger partial charge is 0.319 e. The molecular formula is C13H13BrF2N2O3. The lowest BCUT2D eigenvalue weighted by atomic mass is 10.1. The number of urea groups is 1. The minimum absolute atomic E-state index is 0.0333. The van der Waals surface area contributed by atoms with E-state index in [2.05, 4.69) is 26.6 Å². The van der Waals surface area contributed by atoms with Crippen molar-refractivity contribution in [1.29, 1.82) is 0 Å². The van der Waals surface area contributed by atoms with Crippen LogP contribution in [0, 0.1) is 17.6 Å². The highest BCUT2D eigenvalue weighted by Crippen LogP contribution is 2.26. The van der Waals surface area contributed by atoms with Gasteiger partial charge in [0.25, 0.3) is 0 Å². The van der Waals surface area contributed by atoms with Crippen LogP contribution in [0.4, 0.5) is 19.3 Å². The van der Waals surface area contributed by atoms with E-state index in [1.807, 2.05) is 0 Å². The molecule has 21 heavy (non-hydrogen) atoms. The molecule has 0 aliphatic heterocycles. The van der Waals surface area contributed by atoms with Crippen LogP contribution in [-0.2, 0) is 4.79 Å². The van der Waals surface area contributed by atoms with Gasteiger partial charge in [-0.15, -0.1) is 0 Å². The minimum atomic E-state index is -0.888.